The number of fused-ring (bicyclic) bond motifs is 1. The molecule has 0 aliphatic heterocycles. The Balaban J connectivity index is 2.08. The van der Waals surface area contributed by atoms with Gasteiger partial charge in [-0.15, -0.1) is 0 Å². The molecule has 0 fully saturated rings. The minimum atomic E-state index is -0.132. The Morgan fingerprint density at radius 2 is 2.37 bits per heavy atom. The van der Waals surface area contributed by atoms with Gasteiger partial charge in [0, 0.05) is 5.39 Å². The summed E-state index contributed by atoms with van der Waals surface area (Å²) < 4.78 is 5.86. The van der Waals surface area contributed by atoms with Crippen molar-refractivity contribution >= 4 is 22.6 Å². The average molecular weight is 277 g/mol. The van der Waals surface area contributed by atoms with Crippen molar-refractivity contribution in [2.75, 3.05) is 6.54 Å². The van der Waals surface area contributed by atoms with Gasteiger partial charge in [-0.25, -0.2) is 0 Å². The van der Waals surface area contributed by atoms with E-state index in [0.29, 0.717) is 10.6 Å². The van der Waals surface area contributed by atoms with E-state index in [2.05, 4.69) is 20.7 Å². The lowest BCUT2D eigenvalue weighted by molar-refractivity contribution is 0.471. The molecule has 0 aliphatic rings. The van der Waals surface area contributed by atoms with Crippen molar-refractivity contribution in [2.45, 2.75) is 13.0 Å². The van der Waals surface area contributed by atoms with E-state index in [9.17, 15) is 0 Å². The van der Waals surface area contributed by atoms with Gasteiger partial charge in [-0.05, 0) is 18.7 Å². The second-order valence-electron chi connectivity index (χ2n) is 4.19. The summed E-state index contributed by atoms with van der Waals surface area (Å²) >= 11 is 6.13. The van der Waals surface area contributed by atoms with E-state index >= 15 is 0 Å². The number of aromatic nitrogens is 3. The predicted molar refractivity (Wildman–Crippen MR) is 73.1 cm³/mol. The number of H-pyrrole nitrogens is 1. The van der Waals surface area contributed by atoms with Crippen molar-refractivity contribution in [3.05, 3.63) is 46.9 Å². The molecular weight excluding hydrogens is 264 g/mol. The third kappa shape index (κ3) is 2.22. The van der Waals surface area contributed by atoms with Crippen molar-refractivity contribution in [3.8, 4) is 0 Å². The van der Waals surface area contributed by atoms with Gasteiger partial charge in [-0.2, -0.15) is 15.4 Å². The molecule has 5 nitrogen and oxygen atoms in total. The number of halogens is 1. The third-order valence-corrected chi connectivity index (χ3v) is 3.23. The lowest BCUT2D eigenvalue weighted by Crippen LogP contribution is -2.21. The number of benzene rings is 1. The number of para-hydroxylation sites is 1. The van der Waals surface area contributed by atoms with Gasteiger partial charge in [-0.1, -0.05) is 30.7 Å². The molecule has 0 saturated carbocycles. The van der Waals surface area contributed by atoms with Crippen molar-refractivity contribution in [2.24, 2.45) is 0 Å². The molecule has 98 valence electrons. The topological polar surface area (TPSA) is 66.7 Å². The van der Waals surface area contributed by atoms with Crippen LogP contribution in [0, 0.1) is 0 Å². The average Bonchev–Trinajstić information content (AvgIpc) is 3.05. The highest BCUT2D eigenvalue weighted by Gasteiger charge is 2.20. The van der Waals surface area contributed by atoms with E-state index in [1.807, 2.05) is 31.2 Å². The van der Waals surface area contributed by atoms with Crippen LogP contribution in [0.25, 0.3) is 11.0 Å². The van der Waals surface area contributed by atoms with E-state index in [4.69, 9.17) is 16.0 Å². The second kappa shape index (κ2) is 5.03. The summed E-state index contributed by atoms with van der Waals surface area (Å²) in [5.74, 6) is 0.777. The summed E-state index contributed by atoms with van der Waals surface area (Å²) in [5, 5.41) is 15.5. The highest BCUT2D eigenvalue weighted by Crippen LogP contribution is 2.31. The summed E-state index contributed by atoms with van der Waals surface area (Å²) in [6.07, 6.45) is 1.68. The molecule has 0 saturated heterocycles. The number of nitrogens with zero attached hydrogens (tertiary/aromatic N) is 2. The first kappa shape index (κ1) is 12.2. The standard InChI is InChI=1S/C13H13ClN4O/c1-2-15-12(10-7-16-18-17-10)11-6-8-4-3-5-9(14)13(8)19-11/h3-7,12,15H,2H2,1H3,(H,16,17,18). The molecular formula is C13H13ClN4O. The fourth-order valence-corrected chi connectivity index (χ4v) is 2.31. The van der Waals surface area contributed by atoms with Gasteiger partial charge in [0.15, 0.2) is 5.58 Å². The zero-order valence-electron chi connectivity index (χ0n) is 10.4. The Hall–Kier alpha value is -1.85. The number of furan rings is 1. The number of aromatic amines is 1. The minimum absolute atomic E-state index is 0.132. The maximum absolute atomic E-state index is 6.13. The number of hydrogen-bond donors (Lipinski definition) is 2. The zero-order valence-corrected chi connectivity index (χ0v) is 11.1. The van der Waals surface area contributed by atoms with E-state index in [1.54, 1.807) is 6.20 Å². The van der Waals surface area contributed by atoms with Crippen LogP contribution in [0.2, 0.25) is 5.02 Å². The van der Waals surface area contributed by atoms with Crippen LogP contribution >= 0.6 is 11.6 Å². The Morgan fingerprint density at radius 3 is 3.05 bits per heavy atom. The highest BCUT2D eigenvalue weighted by atomic mass is 35.5. The fourth-order valence-electron chi connectivity index (χ4n) is 2.09. The first-order valence-corrected chi connectivity index (χ1v) is 6.44. The second-order valence-corrected chi connectivity index (χ2v) is 4.60. The minimum Gasteiger partial charge on any atom is -0.457 e. The van der Waals surface area contributed by atoms with Crippen LogP contribution in [-0.2, 0) is 0 Å². The number of nitrogens with one attached hydrogen (secondary N) is 2. The maximum atomic E-state index is 6.13. The van der Waals surface area contributed by atoms with Crippen molar-refractivity contribution in [3.63, 3.8) is 0 Å². The molecule has 2 heterocycles. The van der Waals surface area contributed by atoms with Gasteiger partial charge in [0.1, 0.15) is 17.5 Å². The van der Waals surface area contributed by atoms with Gasteiger partial charge < -0.3 is 9.73 Å². The first-order valence-electron chi connectivity index (χ1n) is 6.06. The van der Waals surface area contributed by atoms with Crippen LogP contribution in [0.1, 0.15) is 24.4 Å². The van der Waals surface area contributed by atoms with Gasteiger partial charge in [0.05, 0.1) is 11.2 Å². The Labute approximate surface area is 114 Å². The lowest BCUT2D eigenvalue weighted by Gasteiger charge is -2.11. The maximum Gasteiger partial charge on any atom is 0.152 e. The van der Waals surface area contributed by atoms with Crippen LogP contribution in [0.15, 0.2) is 34.9 Å². The molecule has 3 aromatic rings. The van der Waals surface area contributed by atoms with E-state index in [0.717, 1.165) is 23.4 Å². The summed E-state index contributed by atoms with van der Waals surface area (Å²) in [4.78, 5) is 0. The number of rotatable bonds is 4. The Bertz CT molecular complexity index is 677. The monoisotopic (exact) mass is 276 g/mol. The molecule has 1 unspecified atom stereocenters. The van der Waals surface area contributed by atoms with Gasteiger partial charge >= 0.3 is 0 Å². The molecule has 0 radical (unpaired) electrons. The summed E-state index contributed by atoms with van der Waals surface area (Å²) in [7, 11) is 0. The van der Waals surface area contributed by atoms with Gasteiger partial charge in [0.25, 0.3) is 0 Å². The SMILES string of the molecule is CCNC(c1cn[nH]n1)c1cc2cccc(Cl)c2o1. The van der Waals surface area contributed by atoms with Gasteiger partial charge in [0.2, 0.25) is 0 Å². The van der Waals surface area contributed by atoms with Crippen LogP contribution in [0.5, 0.6) is 0 Å². The molecule has 0 spiro atoms. The lowest BCUT2D eigenvalue weighted by atomic mass is 10.1. The van der Waals surface area contributed by atoms with E-state index in [-0.39, 0.29) is 6.04 Å². The predicted octanol–water partition coefficient (Wildman–Crippen LogP) is 2.90. The molecule has 0 bridgehead atoms. The van der Waals surface area contributed by atoms with E-state index in [1.165, 1.54) is 0 Å². The van der Waals surface area contributed by atoms with Crippen molar-refractivity contribution < 1.29 is 4.42 Å². The molecule has 2 aromatic heterocycles. The third-order valence-electron chi connectivity index (χ3n) is 2.94. The molecule has 6 heteroatoms. The van der Waals surface area contributed by atoms with Gasteiger partial charge in [-0.3, -0.25) is 0 Å². The first-order chi connectivity index (χ1) is 9.29. The van der Waals surface area contributed by atoms with E-state index < -0.39 is 0 Å². The molecule has 1 aromatic carbocycles. The Morgan fingerprint density at radius 1 is 1.47 bits per heavy atom. The van der Waals surface area contributed by atoms with Crippen LogP contribution in [0.3, 0.4) is 0 Å². The van der Waals surface area contributed by atoms with Crippen LogP contribution in [-0.4, -0.2) is 22.0 Å². The molecule has 0 aliphatic carbocycles. The fraction of sp³-hybridized carbons (Fsp3) is 0.231. The smallest absolute Gasteiger partial charge is 0.152 e. The molecule has 0 amide bonds. The zero-order chi connectivity index (χ0) is 13.2. The van der Waals surface area contributed by atoms with Crippen LogP contribution in [0.4, 0.5) is 0 Å². The van der Waals surface area contributed by atoms with Crippen molar-refractivity contribution in [1.82, 2.24) is 20.7 Å². The summed E-state index contributed by atoms with van der Waals surface area (Å²) in [6, 6.07) is 7.54. The largest absolute Gasteiger partial charge is 0.457 e. The van der Waals surface area contributed by atoms with Crippen LogP contribution < -0.4 is 5.32 Å². The quantitative estimate of drug-likeness (QED) is 0.769. The summed E-state index contributed by atoms with van der Waals surface area (Å²) in [6.45, 7) is 2.82. The highest BCUT2D eigenvalue weighted by molar-refractivity contribution is 6.34. The molecule has 2 N–H and O–H groups in total. The number of hydrogen-bond acceptors (Lipinski definition) is 4. The normalized spacial score (nSPS) is 12.9. The molecule has 3 rings (SSSR count). The summed E-state index contributed by atoms with van der Waals surface area (Å²) in [5.41, 5.74) is 1.49. The Kier molecular flexibility index (Phi) is 3.23. The van der Waals surface area contributed by atoms with Crippen molar-refractivity contribution in [1.29, 1.82) is 0 Å². The molecule has 1 atom stereocenters. The molecule has 19 heavy (non-hydrogen) atoms.